The van der Waals surface area contributed by atoms with Gasteiger partial charge in [0.2, 0.25) is 12.0 Å². The first-order valence-electron chi connectivity index (χ1n) is 7.01. The van der Waals surface area contributed by atoms with Crippen LogP contribution >= 0.6 is 0 Å². The third-order valence-corrected chi connectivity index (χ3v) is 3.63. The van der Waals surface area contributed by atoms with E-state index < -0.39 is 29.8 Å². The number of methoxy groups -OCH3 is 1. The standard InChI is InChI=1S/C15H14N2O6/c1-3-22-15(20)11-10-12(23-16-11)14(19)17(13(10)18)8-4-6-9(21-2)7-5-8/h4-7,10,12H,3H2,1-2H3/t10-,12-/m0/s1. The average molecular weight is 318 g/mol. The molecule has 0 N–H and O–H groups in total. The zero-order valence-corrected chi connectivity index (χ0v) is 12.5. The molecule has 0 bridgehead atoms. The molecule has 0 unspecified atom stereocenters. The van der Waals surface area contributed by atoms with Crippen LogP contribution in [0.1, 0.15) is 6.92 Å². The predicted molar refractivity (Wildman–Crippen MR) is 77.9 cm³/mol. The fourth-order valence-electron chi connectivity index (χ4n) is 2.54. The van der Waals surface area contributed by atoms with Crippen LogP contribution in [0.5, 0.6) is 5.75 Å². The molecule has 1 fully saturated rings. The van der Waals surface area contributed by atoms with E-state index >= 15 is 0 Å². The maximum Gasteiger partial charge on any atom is 0.357 e. The summed E-state index contributed by atoms with van der Waals surface area (Å²) in [7, 11) is 1.52. The van der Waals surface area contributed by atoms with Gasteiger partial charge in [0, 0.05) is 0 Å². The summed E-state index contributed by atoms with van der Waals surface area (Å²) in [5, 5.41) is 3.55. The first-order valence-corrected chi connectivity index (χ1v) is 7.01. The van der Waals surface area contributed by atoms with Gasteiger partial charge >= 0.3 is 5.97 Å². The maximum absolute atomic E-state index is 12.6. The van der Waals surface area contributed by atoms with E-state index in [9.17, 15) is 14.4 Å². The Labute approximate surface area is 131 Å². The molecule has 3 rings (SSSR count). The highest BCUT2D eigenvalue weighted by Crippen LogP contribution is 2.34. The van der Waals surface area contributed by atoms with Crippen LogP contribution in [0, 0.1) is 5.92 Å². The molecule has 1 aromatic carbocycles. The molecule has 0 aliphatic carbocycles. The van der Waals surface area contributed by atoms with Crippen LogP contribution in [0.3, 0.4) is 0 Å². The highest BCUT2D eigenvalue weighted by atomic mass is 16.7. The second kappa shape index (κ2) is 5.71. The van der Waals surface area contributed by atoms with Gasteiger partial charge in [-0.2, -0.15) is 0 Å². The summed E-state index contributed by atoms with van der Waals surface area (Å²) in [4.78, 5) is 42.8. The minimum atomic E-state index is -1.12. The van der Waals surface area contributed by atoms with Crippen molar-refractivity contribution in [3.63, 3.8) is 0 Å². The lowest BCUT2D eigenvalue weighted by Crippen LogP contribution is -2.34. The Morgan fingerprint density at radius 1 is 1.26 bits per heavy atom. The number of ether oxygens (including phenoxy) is 2. The number of amides is 2. The number of benzene rings is 1. The van der Waals surface area contributed by atoms with Crippen LogP contribution in [0.2, 0.25) is 0 Å². The number of hydrogen-bond acceptors (Lipinski definition) is 7. The predicted octanol–water partition coefficient (Wildman–Crippen LogP) is 0.502. The van der Waals surface area contributed by atoms with Crippen molar-refractivity contribution in [2.24, 2.45) is 11.1 Å². The van der Waals surface area contributed by atoms with Crippen molar-refractivity contribution < 1.29 is 28.7 Å². The van der Waals surface area contributed by atoms with Gasteiger partial charge in [-0.1, -0.05) is 5.16 Å². The van der Waals surface area contributed by atoms with Crippen molar-refractivity contribution in [2.45, 2.75) is 13.0 Å². The van der Waals surface area contributed by atoms with Crippen LogP contribution in [-0.4, -0.2) is 43.3 Å². The molecular formula is C15H14N2O6. The molecule has 0 aromatic heterocycles. The van der Waals surface area contributed by atoms with Crippen LogP contribution in [0.25, 0.3) is 0 Å². The van der Waals surface area contributed by atoms with E-state index in [1.54, 1.807) is 31.2 Å². The molecule has 2 aliphatic rings. The molecule has 8 nitrogen and oxygen atoms in total. The van der Waals surface area contributed by atoms with Gasteiger partial charge in [0.1, 0.15) is 11.7 Å². The Hall–Kier alpha value is -2.90. The summed E-state index contributed by atoms with van der Waals surface area (Å²) >= 11 is 0. The van der Waals surface area contributed by atoms with Gasteiger partial charge in [0.05, 0.1) is 19.4 Å². The van der Waals surface area contributed by atoms with Crippen LogP contribution in [-0.2, 0) is 24.0 Å². The summed E-state index contributed by atoms with van der Waals surface area (Å²) < 4.78 is 9.88. The van der Waals surface area contributed by atoms with Gasteiger partial charge in [0.25, 0.3) is 5.91 Å². The van der Waals surface area contributed by atoms with Crippen molar-refractivity contribution in [3.8, 4) is 5.75 Å². The smallest absolute Gasteiger partial charge is 0.357 e. The number of carbonyl (C=O) groups excluding carboxylic acids is 3. The number of nitrogens with zero attached hydrogens (tertiary/aromatic N) is 2. The number of imide groups is 1. The molecule has 8 heteroatoms. The second-order valence-electron chi connectivity index (χ2n) is 4.91. The Kier molecular flexibility index (Phi) is 3.73. The van der Waals surface area contributed by atoms with Gasteiger partial charge in [0.15, 0.2) is 5.71 Å². The number of fused-ring (bicyclic) bond motifs is 1. The number of hydrogen-bond donors (Lipinski definition) is 0. The first-order chi connectivity index (χ1) is 11.1. The highest BCUT2D eigenvalue weighted by Gasteiger charge is 2.58. The number of carbonyl (C=O) groups is 3. The summed E-state index contributed by atoms with van der Waals surface area (Å²) in [6.07, 6.45) is -1.12. The lowest BCUT2D eigenvalue weighted by Gasteiger charge is -2.15. The largest absolute Gasteiger partial charge is 0.497 e. The van der Waals surface area contributed by atoms with Gasteiger partial charge < -0.3 is 14.3 Å². The third-order valence-electron chi connectivity index (χ3n) is 3.63. The Bertz CT molecular complexity index is 696. The lowest BCUT2D eigenvalue weighted by molar-refractivity contribution is -0.136. The van der Waals surface area contributed by atoms with E-state index in [1.165, 1.54) is 7.11 Å². The topological polar surface area (TPSA) is 94.5 Å². The van der Waals surface area contributed by atoms with E-state index in [0.717, 1.165) is 4.90 Å². The zero-order chi connectivity index (χ0) is 16.6. The van der Waals surface area contributed by atoms with E-state index in [1.807, 2.05) is 0 Å². The monoisotopic (exact) mass is 318 g/mol. The van der Waals surface area contributed by atoms with Crippen molar-refractivity contribution in [1.29, 1.82) is 0 Å². The van der Waals surface area contributed by atoms with Gasteiger partial charge in [-0.15, -0.1) is 0 Å². The molecule has 2 amide bonds. The Balaban J connectivity index is 1.88. The fraction of sp³-hybridized carbons (Fsp3) is 0.333. The van der Waals surface area contributed by atoms with Crippen molar-refractivity contribution in [3.05, 3.63) is 24.3 Å². The van der Waals surface area contributed by atoms with Crippen LogP contribution in [0.4, 0.5) is 5.69 Å². The summed E-state index contributed by atoms with van der Waals surface area (Å²) in [5.41, 5.74) is 0.202. The van der Waals surface area contributed by atoms with Gasteiger partial charge in [-0.25, -0.2) is 9.69 Å². The molecule has 0 radical (unpaired) electrons. The minimum Gasteiger partial charge on any atom is -0.497 e. The number of esters is 1. The molecule has 120 valence electrons. The average Bonchev–Trinajstić information content (AvgIpc) is 3.09. The first kappa shape index (κ1) is 15.0. The Morgan fingerprint density at radius 2 is 1.96 bits per heavy atom. The maximum atomic E-state index is 12.6. The molecule has 2 aliphatic heterocycles. The van der Waals surface area contributed by atoms with E-state index in [2.05, 4.69) is 5.16 Å². The summed E-state index contributed by atoms with van der Waals surface area (Å²) in [6.45, 7) is 1.77. The van der Waals surface area contributed by atoms with Gasteiger partial charge in [-0.3, -0.25) is 9.59 Å². The highest BCUT2D eigenvalue weighted by molar-refractivity contribution is 6.46. The fourth-order valence-corrected chi connectivity index (χ4v) is 2.54. The summed E-state index contributed by atoms with van der Waals surface area (Å²) in [5.74, 6) is -2.35. The van der Waals surface area contributed by atoms with Crippen molar-refractivity contribution >= 4 is 29.2 Å². The molecular weight excluding hydrogens is 304 g/mol. The van der Waals surface area contributed by atoms with Gasteiger partial charge in [-0.05, 0) is 31.2 Å². The lowest BCUT2D eigenvalue weighted by atomic mass is 10.00. The molecule has 1 aromatic rings. The second-order valence-corrected chi connectivity index (χ2v) is 4.91. The molecule has 23 heavy (non-hydrogen) atoms. The van der Waals surface area contributed by atoms with E-state index in [-0.39, 0.29) is 12.3 Å². The number of rotatable bonds is 4. The number of oxime groups is 1. The quantitative estimate of drug-likeness (QED) is 0.593. The zero-order valence-electron chi connectivity index (χ0n) is 12.5. The molecule has 2 atom stereocenters. The van der Waals surface area contributed by atoms with Crippen LogP contribution in [0.15, 0.2) is 29.4 Å². The minimum absolute atomic E-state index is 0.138. The van der Waals surface area contributed by atoms with E-state index in [0.29, 0.717) is 11.4 Å². The van der Waals surface area contributed by atoms with Crippen LogP contribution < -0.4 is 9.64 Å². The van der Waals surface area contributed by atoms with Crippen molar-refractivity contribution in [1.82, 2.24) is 0 Å². The Morgan fingerprint density at radius 3 is 2.57 bits per heavy atom. The molecule has 0 saturated carbocycles. The molecule has 1 saturated heterocycles. The van der Waals surface area contributed by atoms with Crippen molar-refractivity contribution in [2.75, 3.05) is 18.6 Å². The summed E-state index contributed by atoms with van der Waals surface area (Å²) in [6, 6.07) is 6.42. The normalized spacial score (nSPS) is 22.5. The molecule has 2 heterocycles. The van der Waals surface area contributed by atoms with E-state index in [4.69, 9.17) is 14.3 Å². The number of anilines is 1. The third kappa shape index (κ3) is 2.32. The SMILES string of the molecule is CCOC(=O)C1=NO[C@@H]2C(=O)N(c3ccc(OC)cc3)C(=O)[C@@H]12. The molecule has 0 spiro atoms.